The molecule has 1 aromatic rings. The predicted molar refractivity (Wildman–Crippen MR) is 51.4 cm³/mol. The van der Waals surface area contributed by atoms with Crippen molar-refractivity contribution >= 4 is 0 Å². The fourth-order valence-electron chi connectivity index (χ4n) is 1.01. The molecular weight excluding hydrogens is 164 g/mol. The second kappa shape index (κ2) is 4.54. The normalized spacial score (nSPS) is 11.8. The quantitative estimate of drug-likeness (QED) is 0.711. The maximum atomic E-state index is 9.27. The lowest BCUT2D eigenvalue weighted by Gasteiger charge is -2.05. The number of terminal acetylenes is 1. The van der Waals surface area contributed by atoms with Gasteiger partial charge in [-0.1, -0.05) is 18.1 Å². The molecule has 0 bridgehead atoms. The number of hydrogen-bond donors (Lipinski definition) is 1. The first-order valence-corrected chi connectivity index (χ1v) is 4.15. The number of hydrogen-bond acceptors (Lipinski definition) is 2. The van der Waals surface area contributed by atoms with Crippen LogP contribution in [0.1, 0.15) is 18.6 Å². The number of rotatable bonds is 3. The Labute approximate surface area is 78.2 Å². The second-order valence-electron chi connectivity index (χ2n) is 2.57. The first-order valence-electron chi connectivity index (χ1n) is 4.15. The fraction of sp³-hybridized carbons (Fsp3) is 0.273. The smallest absolute Gasteiger partial charge is 0.139 e. The number of aliphatic hydroxyl groups is 1. The maximum absolute atomic E-state index is 9.27. The summed E-state index contributed by atoms with van der Waals surface area (Å²) in [6.45, 7) is 2.56. The molecule has 0 spiro atoms. The molecule has 0 radical (unpaired) electrons. The highest BCUT2D eigenvalue weighted by atomic mass is 16.5. The van der Waals surface area contributed by atoms with E-state index < -0.39 is 6.10 Å². The van der Waals surface area contributed by atoms with Gasteiger partial charge in [-0.2, -0.15) is 0 Å². The van der Waals surface area contributed by atoms with Crippen molar-refractivity contribution < 1.29 is 9.84 Å². The Kier molecular flexibility index (Phi) is 3.36. The summed E-state index contributed by atoms with van der Waals surface area (Å²) in [5.74, 6) is 3.03. The van der Waals surface area contributed by atoms with Gasteiger partial charge in [0, 0.05) is 0 Å². The zero-order chi connectivity index (χ0) is 9.68. The molecule has 0 saturated carbocycles. The Balaban J connectivity index is 2.76. The van der Waals surface area contributed by atoms with Crippen LogP contribution in [-0.4, -0.2) is 11.7 Å². The molecule has 68 valence electrons. The average Bonchev–Trinajstić information content (AvgIpc) is 2.18. The highest BCUT2D eigenvalue weighted by molar-refractivity contribution is 5.31. The maximum Gasteiger partial charge on any atom is 0.139 e. The van der Waals surface area contributed by atoms with Crippen molar-refractivity contribution in [2.45, 2.75) is 13.0 Å². The van der Waals surface area contributed by atoms with Crippen molar-refractivity contribution in [2.24, 2.45) is 0 Å². The lowest BCUT2D eigenvalue weighted by molar-refractivity contribution is 0.238. The first-order chi connectivity index (χ1) is 6.27. The fourth-order valence-corrected chi connectivity index (χ4v) is 1.01. The lowest BCUT2D eigenvalue weighted by Crippen LogP contribution is -1.94. The van der Waals surface area contributed by atoms with E-state index in [1.165, 1.54) is 0 Å². The minimum atomic E-state index is -0.823. The zero-order valence-corrected chi connectivity index (χ0v) is 7.53. The van der Waals surface area contributed by atoms with Crippen molar-refractivity contribution in [1.82, 2.24) is 0 Å². The molecule has 0 heterocycles. The summed E-state index contributed by atoms with van der Waals surface area (Å²) in [7, 11) is 0. The second-order valence-corrected chi connectivity index (χ2v) is 2.57. The van der Waals surface area contributed by atoms with E-state index in [2.05, 4.69) is 5.92 Å². The van der Waals surface area contributed by atoms with E-state index in [1.54, 1.807) is 24.3 Å². The van der Waals surface area contributed by atoms with Crippen molar-refractivity contribution in [2.75, 3.05) is 6.61 Å². The molecule has 0 aromatic heterocycles. The minimum absolute atomic E-state index is 0.636. The molecule has 2 nitrogen and oxygen atoms in total. The van der Waals surface area contributed by atoms with Crippen molar-refractivity contribution in [1.29, 1.82) is 0 Å². The third kappa shape index (κ3) is 2.50. The molecule has 0 aliphatic heterocycles. The molecule has 2 heteroatoms. The highest BCUT2D eigenvalue weighted by Gasteiger charge is 2.02. The van der Waals surface area contributed by atoms with Crippen LogP contribution in [0.25, 0.3) is 0 Å². The molecule has 1 aromatic carbocycles. The molecule has 1 rings (SSSR count). The number of ether oxygens (including phenoxy) is 1. The van der Waals surface area contributed by atoms with Gasteiger partial charge < -0.3 is 9.84 Å². The molecule has 0 amide bonds. The SMILES string of the molecule is C#CC(O)c1ccc(OCC)cc1. The Morgan fingerprint density at radius 1 is 1.46 bits per heavy atom. The van der Waals surface area contributed by atoms with Gasteiger partial charge in [-0.3, -0.25) is 0 Å². The minimum Gasteiger partial charge on any atom is -0.494 e. The summed E-state index contributed by atoms with van der Waals surface area (Å²) in [6, 6.07) is 7.10. The van der Waals surface area contributed by atoms with Crippen LogP contribution in [0, 0.1) is 12.3 Å². The average molecular weight is 176 g/mol. The van der Waals surface area contributed by atoms with Crippen LogP contribution in [-0.2, 0) is 0 Å². The Hall–Kier alpha value is -1.46. The van der Waals surface area contributed by atoms with Gasteiger partial charge in [0.25, 0.3) is 0 Å². The van der Waals surface area contributed by atoms with Gasteiger partial charge in [-0.05, 0) is 24.6 Å². The van der Waals surface area contributed by atoms with Crippen molar-refractivity contribution in [3.05, 3.63) is 29.8 Å². The first kappa shape index (κ1) is 9.63. The predicted octanol–water partition coefficient (Wildman–Crippen LogP) is 1.75. The summed E-state index contributed by atoms with van der Waals surface area (Å²) in [5.41, 5.74) is 0.714. The lowest BCUT2D eigenvalue weighted by atomic mass is 10.1. The van der Waals surface area contributed by atoms with Gasteiger partial charge >= 0.3 is 0 Å². The van der Waals surface area contributed by atoms with Crippen molar-refractivity contribution in [3.63, 3.8) is 0 Å². The summed E-state index contributed by atoms with van der Waals surface area (Å²) < 4.78 is 5.24. The Bertz CT molecular complexity index is 295. The summed E-state index contributed by atoms with van der Waals surface area (Å²) in [5, 5.41) is 9.27. The molecular formula is C11H12O2. The topological polar surface area (TPSA) is 29.5 Å². The molecule has 0 saturated heterocycles. The van der Waals surface area contributed by atoms with E-state index >= 15 is 0 Å². The van der Waals surface area contributed by atoms with Crippen LogP contribution in [0.2, 0.25) is 0 Å². The van der Waals surface area contributed by atoms with Crippen LogP contribution in [0.15, 0.2) is 24.3 Å². The van der Waals surface area contributed by atoms with Crippen LogP contribution in [0.5, 0.6) is 5.75 Å². The Morgan fingerprint density at radius 2 is 2.08 bits per heavy atom. The van der Waals surface area contributed by atoms with E-state index in [1.807, 2.05) is 6.92 Å². The molecule has 0 aliphatic rings. The van der Waals surface area contributed by atoms with Crippen LogP contribution >= 0.6 is 0 Å². The monoisotopic (exact) mass is 176 g/mol. The molecule has 1 N–H and O–H groups in total. The van der Waals surface area contributed by atoms with Gasteiger partial charge in [-0.15, -0.1) is 6.42 Å². The van der Waals surface area contributed by atoms with Gasteiger partial charge in [0.1, 0.15) is 11.9 Å². The summed E-state index contributed by atoms with van der Waals surface area (Å²) in [4.78, 5) is 0. The highest BCUT2D eigenvalue weighted by Crippen LogP contribution is 2.16. The summed E-state index contributed by atoms with van der Waals surface area (Å²) >= 11 is 0. The van der Waals surface area contributed by atoms with E-state index in [4.69, 9.17) is 11.2 Å². The number of benzene rings is 1. The molecule has 13 heavy (non-hydrogen) atoms. The zero-order valence-electron chi connectivity index (χ0n) is 7.53. The van der Waals surface area contributed by atoms with Crippen LogP contribution in [0.3, 0.4) is 0 Å². The third-order valence-electron chi connectivity index (χ3n) is 1.66. The van der Waals surface area contributed by atoms with Gasteiger partial charge in [0.2, 0.25) is 0 Å². The van der Waals surface area contributed by atoms with Gasteiger partial charge in [0.05, 0.1) is 6.61 Å². The van der Waals surface area contributed by atoms with Gasteiger partial charge in [-0.25, -0.2) is 0 Å². The van der Waals surface area contributed by atoms with Gasteiger partial charge in [0.15, 0.2) is 0 Å². The largest absolute Gasteiger partial charge is 0.494 e. The molecule has 1 unspecified atom stereocenters. The van der Waals surface area contributed by atoms with E-state index in [-0.39, 0.29) is 0 Å². The molecule has 0 fully saturated rings. The van der Waals surface area contributed by atoms with Crippen molar-refractivity contribution in [3.8, 4) is 18.1 Å². The number of aliphatic hydroxyl groups excluding tert-OH is 1. The molecule has 1 atom stereocenters. The van der Waals surface area contributed by atoms with E-state index in [0.717, 1.165) is 5.75 Å². The van der Waals surface area contributed by atoms with E-state index in [9.17, 15) is 5.11 Å². The van der Waals surface area contributed by atoms with Crippen LogP contribution in [0.4, 0.5) is 0 Å². The standard InChI is InChI=1S/C11H12O2/c1-3-11(12)9-5-7-10(8-6-9)13-4-2/h1,5-8,11-12H,4H2,2H3. The van der Waals surface area contributed by atoms with E-state index in [0.29, 0.717) is 12.2 Å². The molecule has 0 aliphatic carbocycles. The van der Waals surface area contributed by atoms with Crippen LogP contribution < -0.4 is 4.74 Å². The summed E-state index contributed by atoms with van der Waals surface area (Å²) in [6.07, 6.45) is 4.25. The Morgan fingerprint density at radius 3 is 2.54 bits per heavy atom. The third-order valence-corrected chi connectivity index (χ3v) is 1.66.